The van der Waals surface area contributed by atoms with Gasteiger partial charge in [0.2, 0.25) is 0 Å². The van der Waals surface area contributed by atoms with Gasteiger partial charge in [-0.15, -0.1) is 0 Å². The van der Waals surface area contributed by atoms with Crippen molar-refractivity contribution in [2.45, 2.75) is 6.54 Å². The summed E-state index contributed by atoms with van der Waals surface area (Å²) in [5, 5.41) is 0.853. The number of hydrogen-bond acceptors (Lipinski definition) is 3. The van der Waals surface area contributed by atoms with Crippen molar-refractivity contribution in [3.63, 3.8) is 0 Å². The van der Waals surface area contributed by atoms with Gasteiger partial charge < -0.3 is 0 Å². The standard InChI is InChI=1S/C12H8Cl2N2O2/c13-9-3-1-8(2-4-9)11(17)7-16-6-10(14)5-15-12(16)18/h1-6H,7H2. The molecule has 4 nitrogen and oxygen atoms in total. The maximum atomic E-state index is 11.9. The van der Waals surface area contributed by atoms with Gasteiger partial charge in [0.15, 0.2) is 5.78 Å². The molecule has 0 spiro atoms. The van der Waals surface area contributed by atoms with Crippen LogP contribution in [0.1, 0.15) is 10.4 Å². The highest BCUT2D eigenvalue weighted by atomic mass is 35.5. The monoisotopic (exact) mass is 282 g/mol. The molecule has 1 aromatic carbocycles. The molecule has 1 aromatic heterocycles. The molecule has 0 fully saturated rings. The highest BCUT2D eigenvalue weighted by Gasteiger charge is 2.08. The summed E-state index contributed by atoms with van der Waals surface area (Å²) < 4.78 is 1.17. The highest BCUT2D eigenvalue weighted by molar-refractivity contribution is 6.30. The largest absolute Gasteiger partial charge is 0.348 e. The molecule has 2 rings (SSSR count). The van der Waals surface area contributed by atoms with E-state index >= 15 is 0 Å². The quantitative estimate of drug-likeness (QED) is 0.813. The molecule has 6 heteroatoms. The molecule has 0 aliphatic heterocycles. The second-order valence-electron chi connectivity index (χ2n) is 3.61. The van der Waals surface area contributed by atoms with Gasteiger partial charge in [0.05, 0.1) is 17.8 Å². The Morgan fingerprint density at radius 2 is 1.83 bits per heavy atom. The van der Waals surface area contributed by atoms with E-state index in [2.05, 4.69) is 4.98 Å². The highest BCUT2D eigenvalue weighted by Crippen LogP contribution is 2.10. The van der Waals surface area contributed by atoms with E-state index in [0.717, 1.165) is 0 Å². The van der Waals surface area contributed by atoms with Crippen LogP contribution in [0.5, 0.6) is 0 Å². The molecule has 0 saturated carbocycles. The van der Waals surface area contributed by atoms with Crippen molar-refractivity contribution in [3.05, 3.63) is 62.8 Å². The second-order valence-corrected chi connectivity index (χ2v) is 4.49. The van der Waals surface area contributed by atoms with Crippen LogP contribution in [0.2, 0.25) is 10.0 Å². The summed E-state index contributed by atoms with van der Waals surface area (Å²) in [6.45, 7) is -0.103. The Kier molecular flexibility index (Phi) is 3.79. The first-order chi connectivity index (χ1) is 8.56. The number of halogens is 2. The topological polar surface area (TPSA) is 52.0 Å². The number of rotatable bonds is 3. The van der Waals surface area contributed by atoms with Crippen molar-refractivity contribution in [1.29, 1.82) is 0 Å². The summed E-state index contributed by atoms with van der Waals surface area (Å²) in [5.74, 6) is -0.210. The Balaban J connectivity index is 2.24. The third-order valence-electron chi connectivity index (χ3n) is 2.30. The number of ketones is 1. The zero-order valence-corrected chi connectivity index (χ0v) is 10.6. The van der Waals surface area contributed by atoms with Crippen LogP contribution in [0.4, 0.5) is 0 Å². The fourth-order valence-electron chi connectivity index (χ4n) is 1.42. The molecule has 0 aliphatic rings. The summed E-state index contributed by atoms with van der Waals surface area (Å²) in [6.07, 6.45) is 2.62. The molecule has 92 valence electrons. The van der Waals surface area contributed by atoms with Crippen LogP contribution in [0.15, 0.2) is 41.5 Å². The molecule has 2 aromatic rings. The lowest BCUT2D eigenvalue weighted by Gasteiger charge is -2.04. The molecule has 0 atom stereocenters. The number of carbonyl (C=O) groups excluding carboxylic acids is 1. The van der Waals surface area contributed by atoms with E-state index in [1.165, 1.54) is 17.0 Å². The van der Waals surface area contributed by atoms with E-state index < -0.39 is 5.69 Å². The van der Waals surface area contributed by atoms with Gasteiger partial charge in [0, 0.05) is 16.8 Å². The van der Waals surface area contributed by atoms with Crippen molar-refractivity contribution in [3.8, 4) is 0 Å². The Hall–Kier alpha value is -1.65. The van der Waals surface area contributed by atoms with Crippen LogP contribution in [-0.4, -0.2) is 15.3 Å². The smallest absolute Gasteiger partial charge is 0.292 e. The van der Waals surface area contributed by atoms with Crippen LogP contribution < -0.4 is 5.69 Å². The zero-order chi connectivity index (χ0) is 13.1. The average Bonchev–Trinajstić information content (AvgIpc) is 2.34. The summed E-state index contributed by atoms with van der Waals surface area (Å²) in [6, 6.07) is 6.45. The Morgan fingerprint density at radius 3 is 2.50 bits per heavy atom. The van der Waals surface area contributed by atoms with Gasteiger partial charge in [0.25, 0.3) is 0 Å². The lowest BCUT2D eigenvalue weighted by Crippen LogP contribution is -2.25. The van der Waals surface area contributed by atoms with Crippen molar-refractivity contribution < 1.29 is 4.79 Å². The zero-order valence-electron chi connectivity index (χ0n) is 9.14. The third kappa shape index (κ3) is 2.97. The van der Waals surface area contributed by atoms with Gasteiger partial charge in [-0.25, -0.2) is 9.78 Å². The van der Waals surface area contributed by atoms with Gasteiger partial charge in [-0.05, 0) is 24.3 Å². The van der Waals surface area contributed by atoms with Crippen LogP contribution in [0.3, 0.4) is 0 Å². The predicted octanol–water partition coefficient (Wildman–Crippen LogP) is 2.43. The average molecular weight is 283 g/mol. The molecule has 0 amide bonds. The predicted molar refractivity (Wildman–Crippen MR) is 69.3 cm³/mol. The van der Waals surface area contributed by atoms with Crippen molar-refractivity contribution >= 4 is 29.0 Å². The van der Waals surface area contributed by atoms with Crippen molar-refractivity contribution in [2.75, 3.05) is 0 Å². The molecular formula is C12H8Cl2N2O2. The lowest BCUT2D eigenvalue weighted by atomic mass is 10.1. The molecule has 0 radical (unpaired) electrons. The van der Waals surface area contributed by atoms with Gasteiger partial charge in [0.1, 0.15) is 0 Å². The summed E-state index contributed by atoms with van der Waals surface area (Å²) >= 11 is 11.4. The molecule has 0 N–H and O–H groups in total. The van der Waals surface area contributed by atoms with E-state index in [0.29, 0.717) is 15.6 Å². The molecule has 0 unspecified atom stereocenters. The van der Waals surface area contributed by atoms with Crippen LogP contribution in [0, 0.1) is 0 Å². The molecular weight excluding hydrogens is 275 g/mol. The molecule has 0 aliphatic carbocycles. The lowest BCUT2D eigenvalue weighted by molar-refractivity contribution is 0.0970. The normalized spacial score (nSPS) is 10.3. The minimum absolute atomic E-state index is 0.103. The third-order valence-corrected chi connectivity index (χ3v) is 2.75. The molecule has 0 saturated heterocycles. The van der Waals surface area contributed by atoms with Crippen LogP contribution in [-0.2, 0) is 6.54 Å². The van der Waals surface area contributed by atoms with Crippen molar-refractivity contribution in [1.82, 2.24) is 9.55 Å². The van der Waals surface area contributed by atoms with E-state index in [-0.39, 0.29) is 12.3 Å². The number of hydrogen-bond donors (Lipinski definition) is 0. The van der Waals surface area contributed by atoms with Crippen molar-refractivity contribution in [2.24, 2.45) is 0 Å². The fourth-order valence-corrected chi connectivity index (χ4v) is 1.72. The van der Waals surface area contributed by atoms with E-state index in [1.54, 1.807) is 24.3 Å². The van der Waals surface area contributed by atoms with Gasteiger partial charge in [-0.1, -0.05) is 23.2 Å². The summed E-state index contributed by atoms with van der Waals surface area (Å²) in [5.41, 5.74) is -0.0343. The van der Waals surface area contributed by atoms with Crippen LogP contribution >= 0.6 is 23.2 Å². The Labute approximate surface area is 113 Å². The Bertz CT molecular complexity index is 635. The SMILES string of the molecule is O=C(Cn1cc(Cl)cnc1=O)c1ccc(Cl)cc1. The van der Waals surface area contributed by atoms with Gasteiger partial charge in [-0.3, -0.25) is 9.36 Å². The fraction of sp³-hybridized carbons (Fsp3) is 0.0833. The van der Waals surface area contributed by atoms with Gasteiger partial charge in [-0.2, -0.15) is 0 Å². The first kappa shape index (κ1) is 12.8. The number of aromatic nitrogens is 2. The minimum atomic E-state index is -0.512. The maximum Gasteiger partial charge on any atom is 0.348 e. The van der Waals surface area contributed by atoms with E-state index in [4.69, 9.17) is 23.2 Å². The number of carbonyl (C=O) groups is 1. The summed E-state index contributed by atoms with van der Waals surface area (Å²) in [7, 11) is 0. The van der Waals surface area contributed by atoms with Gasteiger partial charge >= 0.3 is 5.69 Å². The molecule has 0 bridgehead atoms. The maximum absolute atomic E-state index is 11.9. The second kappa shape index (κ2) is 5.33. The number of Topliss-reactive ketones (excluding diaryl/α,β-unsaturated/α-hetero) is 1. The van der Waals surface area contributed by atoms with Crippen LogP contribution in [0.25, 0.3) is 0 Å². The molecule has 18 heavy (non-hydrogen) atoms. The Morgan fingerprint density at radius 1 is 1.17 bits per heavy atom. The molecule has 1 heterocycles. The number of nitrogens with zero attached hydrogens (tertiary/aromatic N) is 2. The number of benzene rings is 1. The first-order valence-corrected chi connectivity index (χ1v) is 5.82. The van der Waals surface area contributed by atoms with E-state index in [1.807, 2.05) is 0 Å². The first-order valence-electron chi connectivity index (χ1n) is 5.07. The van der Waals surface area contributed by atoms with E-state index in [9.17, 15) is 9.59 Å². The summed E-state index contributed by atoms with van der Waals surface area (Å²) in [4.78, 5) is 26.9. The minimum Gasteiger partial charge on any atom is -0.292 e.